The molecule has 0 aliphatic rings. The highest BCUT2D eigenvalue weighted by Crippen LogP contribution is 2.28. The van der Waals surface area contributed by atoms with Crippen LogP contribution in [0.25, 0.3) is 22.1 Å². The first kappa shape index (κ1) is 13.6. The molecule has 3 aromatic rings. The smallest absolute Gasteiger partial charge is 0.344 e. The van der Waals surface area contributed by atoms with Crippen LogP contribution in [0.4, 0.5) is 0 Å². The van der Waals surface area contributed by atoms with Crippen LogP contribution in [0.2, 0.25) is 0 Å². The molecule has 0 unspecified atom stereocenters. The first-order valence-corrected chi connectivity index (χ1v) is 7.20. The molecule has 0 fully saturated rings. The number of aryl methyl sites for hydroxylation is 1. The topological polar surface area (TPSA) is 30.2 Å². The molecule has 0 aliphatic carbocycles. The van der Waals surface area contributed by atoms with Gasteiger partial charge in [-0.05, 0) is 35.6 Å². The summed E-state index contributed by atoms with van der Waals surface area (Å²) in [5.41, 5.74) is 4.11. The Bertz CT molecular complexity index is 843. The highest BCUT2D eigenvalue weighted by atomic mass is 16.4. The van der Waals surface area contributed by atoms with Crippen LogP contribution in [-0.4, -0.2) is 0 Å². The van der Waals surface area contributed by atoms with E-state index in [-0.39, 0.29) is 5.63 Å². The molecule has 0 saturated carbocycles. The zero-order chi connectivity index (χ0) is 15.0. The van der Waals surface area contributed by atoms with Gasteiger partial charge in [-0.2, -0.15) is 0 Å². The van der Waals surface area contributed by atoms with Crippen LogP contribution in [0.3, 0.4) is 0 Å². The molecule has 1 aromatic heterocycles. The molecule has 106 valence electrons. The summed E-state index contributed by atoms with van der Waals surface area (Å²) >= 11 is 0. The minimum atomic E-state index is -0.271. The first-order chi connectivity index (χ1) is 10.1. The Hall–Kier alpha value is -2.35. The van der Waals surface area contributed by atoms with E-state index in [9.17, 15) is 4.79 Å². The van der Waals surface area contributed by atoms with Crippen LogP contribution in [0.1, 0.15) is 30.9 Å². The number of rotatable bonds is 2. The van der Waals surface area contributed by atoms with Gasteiger partial charge in [0, 0.05) is 5.39 Å². The van der Waals surface area contributed by atoms with E-state index < -0.39 is 0 Å². The van der Waals surface area contributed by atoms with Gasteiger partial charge in [0.1, 0.15) is 5.58 Å². The standard InChI is InChI=1S/C19H18O2/c1-12(2)15-9-10-16-13(3)18(14-7-5-4-6-8-14)19(20)21-17(16)11-15/h4-12H,1-3H3. The first-order valence-electron chi connectivity index (χ1n) is 7.20. The van der Waals surface area contributed by atoms with Crippen LogP contribution >= 0.6 is 0 Å². The molecule has 2 nitrogen and oxygen atoms in total. The predicted molar refractivity (Wildman–Crippen MR) is 86.7 cm³/mol. The van der Waals surface area contributed by atoms with Gasteiger partial charge in [-0.15, -0.1) is 0 Å². The van der Waals surface area contributed by atoms with E-state index in [2.05, 4.69) is 26.0 Å². The zero-order valence-corrected chi connectivity index (χ0v) is 12.5. The largest absolute Gasteiger partial charge is 0.422 e. The maximum absolute atomic E-state index is 12.4. The van der Waals surface area contributed by atoms with Gasteiger partial charge >= 0.3 is 5.63 Å². The average molecular weight is 278 g/mol. The lowest BCUT2D eigenvalue weighted by Gasteiger charge is -2.10. The van der Waals surface area contributed by atoms with E-state index in [1.807, 2.05) is 43.3 Å². The average Bonchev–Trinajstić information content (AvgIpc) is 2.47. The van der Waals surface area contributed by atoms with E-state index in [4.69, 9.17) is 4.42 Å². The maximum Gasteiger partial charge on any atom is 0.344 e. The molecule has 0 spiro atoms. The van der Waals surface area contributed by atoms with Crippen molar-refractivity contribution in [1.29, 1.82) is 0 Å². The van der Waals surface area contributed by atoms with Crippen molar-refractivity contribution in [2.75, 3.05) is 0 Å². The molecule has 0 atom stereocenters. The van der Waals surface area contributed by atoms with Gasteiger partial charge in [-0.3, -0.25) is 0 Å². The van der Waals surface area contributed by atoms with Crippen LogP contribution < -0.4 is 5.63 Å². The Kier molecular flexibility index (Phi) is 3.38. The van der Waals surface area contributed by atoms with Crippen molar-refractivity contribution in [3.8, 4) is 11.1 Å². The SMILES string of the molecule is Cc1c(-c2ccccc2)c(=O)oc2cc(C(C)C)ccc12. The molecular formula is C19H18O2. The molecule has 3 rings (SSSR count). The highest BCUT2D eigenvalue weighted by molar-refractivity contribution is 5.87. The molecule has 0 N–H and O–H groups in total. The van der Waals surface area contributed by atoms with Crippen molar-refractivity contribution < 1.29 is 4.42 Å². The van der Waals surface area contributed by atoms with E-state index in [1.165, 1.54) is 5.56 Å². The third-order valence-electron chi connectivity index (χ3n) is 3.92. The highest BCUT2D eigenvalue weighted by Gasteiger charge is 2.13. The van der Waals surface area contributed by atoms with Gasteiger partial charge in [0.25, 0.3) is 0 Å². The monoisotopic (exact) mass is 278 g/mol. The summed E-state index contributed by atoms with van der Waals surface area (Å²) in [5, 5.41) is 0.998. The maximum atomic E-state index is 12.4. The minimum absolute atomic E-state index is 0.271. The van der Waals surface area contributed by atoms with Crippen molar-refractivity contribution in [1.82, 2.24) is 0 Å². The fourth-order valence-corrected chi connectivity index (χ4v) is 2.67. The van der Waals surface area contributed by atoms with Crippen LogP contribution in [0.15, 0.2) is 57.7 Å². The number of benzene rings is 2. The van der Waals surface area contributed by atoms with E-state index in [0.29, 0.717) is 17.1 Å². The van der Waals surface area contributed by atoms with Gasteiger partial charge in [0.05, 0.1) is 5.56 Å². The third kappa shape index (κ3) is 2.38. The van der Waals surface area contributed by atoms with Gasteiger partial charge in [-0.1, -0.05) is 56.3 Å². The molecule has 2 heteroatoms. The summed E-state index contributed by atoms with van der Waals surface area (Å²) in [5.74, 6) is 0.411. The molecule has 21 heavy (non-hydrogen) atoms. The second kappa shape index (κ2) is 5.21. The summed E-state index contributed by atoms with van der Waals surface area (Å²) in [6.07, 6.45) is 0. The quantitative estimate of drug-likeness (QED) is 0.625. The van der Waals surface area contributed by atoms with Crippen molar-refractivity contribution in [3.63, 3.8) is 0 Å². The molecular weight excluding hydrogens is 260 g/mol. The Morgan fingerprint density at radius 1 is 1.00 bits per heavy atom. The van der Waals surface area contributed by atoms with Crippen LogP contribution in [-0.2, 0) is 0 Å². The second-order valence-electron chi connectivity index (χ2n) is 5.67. The summed E-state index contributed by atoms with van der Waals surface area (Å²) in [6, 6.07) is 15.8. The summed E-state index contributed by atoms with van der Waals surface area (Å²) in [4.78, 5) is 12.4. The number of fused-ring (bicyclic) bond motifs is 1. The lowest BCUT2D eigenvalue weighted by molar-refractivity contribution is 0.561. The van der Waals surface area contributed by atoms with Crippen molar-refractivity contribution in [2.24, 2.45) is 0 Å². The molecule has 0 radical (unpaired) electrons. The lowest BCUT2D eigenvalue weighted by atomic mass is 9.97. The fraction of sp³-hybridized carbons (Fsp3) is 0.211. The molecule has 0 bridgehead atoms. The third-order valence-corrected chi connectivity index (χ3v) is 3.92. The molecule has 2 aromatic carbocycles. The van der Waals surface area contributed by atoms with Crippen molar-refractivity contribution in [2.45, 2.75) is 26.7 Å². The molecule has 0 saturated heterocycles. The normalized spacial score (nSPS) is 11.2. The van der Waals surface area contributed by atoms with Crippen LogP contribution in [0.5, 0.6) is 0 Å². The minimum Gasteiger partial charge on any atom is -0.422 e. The Morgan fingerprint density at radius 3 is 2.38 bits per heavy atom. The Morgan fingerprint density at radius 2 is 1.71 bits per heavy atom. The van der Waals surface area contributed by atoms with E-state index in [1.54, 1.807) is 0 Å². The molecule has 0 aliphatic heterocycles. The zero-order valence-electron chi connectivity index (χ0n) is 12.5. The summed E-state index contributed by atoms with van der Waals surface area (Å²) in [7, 11) is 0. The molecule has 0 amide bonds. The van der Waals surface area contributed by atoms with Crippen LogP contribution in [0, 0.1) is 6.92 Å². The summed E-state index contributed by atoms with van der Waals surface area (Å²) < 4.78 is 5.56. The van der Waals surface area contributed by atoms with Crippen molar-refractivity contribution >= 4 is 11.0 Å². The Balaban J connectivity index is 2.30. The van der Waals surface area contributed by atoms with E-state index >= 15 is 0 Å². The van der Waals surface area contributed by atoms with Gasteiger partial charge in [-0.25, -0.2) is 4.79 Å². The fourth-order valence-electron chi connectivity index (χ4n) is 2.67. The van der Waals surface area contributed by atoms with E-state index in [0.717, 1.165) is 16.5 Å². The number of hydrogen-bond acceptors (Lipinski definition) is 2. The summed E-state index contributed by atoms with van der Waals surface area (Å²) in [6.45, 7) is 6.24. The van der Waals surface area contributed by atoms with Gasteiger partial charge in [0.2, 0.25) is 0 Å². The molecule has 1 heterocycles. The number of hydrogen-bond donors (Lipinski definition) is 0. The lowest BCUT2D eigenvalue weighted by Crippen LogP contribution is -2.06. The Labute approximate surface area is 124 Å². The van der Waals surface area contributed by atoms with Gasteiger partial charge in [0.15, 0.2) is 0 Å². The second-order valence-corrected chi connectivity index (χ2v) is 5.67. The predicted octanol–water partition coefficient (Wildman–Crippen LogP) is 4.89. The van der Waals surface area contributed by atoms with Gasteiger partial charge < -0.3 is 4.42 Å². The van der Waals surface area contributed by atoms with Crippen molar-refractivity contribution in [3.05, 3.63) is 70.1 Å².